The Bertz CT molecular complexity index is 1520. The summed E-state index contributed by atoms with van der Waals surface area (Å²) >= 11 is 0. The molecule has 7 nitrogen and oxygen atoms in total. The summed E-state index contributed by atoms with van der Waals surface area (Å²) in [5.41, 5.74) is 4.57. The summed E-state index contributed by atoms with van der Waals surface area (Å²) in [5.74, 6) is -0.456. The third kappa shape index (κ3) is 4.55. The van der Waals surface area contributed by atoms with Gasteiger partial charge in [0.2, 0.25) is 0 Å². The van der Waals surface area contributed by atoms with Crippen LogP contribution in [0.15, 0.2) is 71.3 Å². The molecule has 4 aromatic rings. The van der Waals surface area contributed by atoms with E-state index in [1.54, 1.807) is 30.5 Å². The van der Waals surface area contributed by atoms with Crippen molar-refractivity contribution in [3.8, 4) is 0 Å². The van der Waals surface area contributed by atoms with E-state index in [2.05, 4.69) is 5.32 Å². The van der Waals surface area contributed by atoms with Crippen molar-refractivity contribution in [3.05, 3.63) is 95.1 Å². The Labute approximate surface area is 207 Å². The number of carbonyl (C=O) groups excluding carboxylic acids is 3. The van der Waals surface area contributed by atoms with Gasteiger partial charge in [0.05, 0.1) is 23.0 Å². The molecule has 1 amide bonds. The van der Waals surface area contributed by atoms with Crippen molar-refractivity contribution >= 4 is 45.9 Å². The maximum absolute atomic E-state index is 13.4. The third-order valence-corrected chi connectivity index (χ3v) is 6.20. The summed E-state index contributed by atoms with van der Waals surface area (Å²) < 4.78 is 11.1. The molecule has 0 aliphatic heterocycles. The second-order valence-electron chi connectivity index (χ2n) is 8.69. The van der Waals surface area contributed by atoms with Crippen molar-refractivity contribution in [2.24, 2.45) is 0 Å². The highest BCUT2D eigenvalue weighted by atomic mass is 16.5. The third-order valence-electron chi connectivity index (χ3n) is 6.20. The Morgan fingerprint density at radius 2 is 1.89 bits per heavy atom. The molecule has 36 heavy (non-hydrogen) atoms. The molecule has 1 unspecified atom stereocenters. The van der Waals surface area contributed by atoms with Gasteiger partial charge in [-0.15, -0.1) is 0 Å². The molecule has 0 saturated heterocycles. The molecule has 1 N–H and O–H groups in total. The van der Waals surface area contributed by atoms with Gasteiger partial charge in [0.1, 0.15) is 5.76 Å². The number of nitrogens with one attached hydrogen (secondary N) is 1. The van der Waals surface area contributed by atoms with Crippen LogP contribution in [0.3, 0.4) is 0 Å². The van der Waals surface area contributed by atoms with Crippen molar-refractivity contribution in [1.82, 2.24) is 4.98 Å². The van der Waals surface area contributed by atoms with Gasteiger partial charge in [0.15, 0.2) is 11.9 Å². The number of carbonyl (C=O) groups is 3. The summed E-state index contributed by atoms with van der Waals surface area (Å²) in [5, 5.41) is 3.40. The first-order chi connectivity index (χ1) is 17.4. The lowest BCUT2D eigenvalue weighted by molar-refractivity contribution is -0.123. The van der Waals surface area contributed by atoms with E-state index >= 15 is 0 Å². The molecule has 2 heterocycles. The molecule has 180 valence electrons. The summed E-state index contributed by atoms with van der Waals surface area (Å²) in [4.78, 5) is 42.7. The van der Waals surface area contributed by atoms with Crippen molar-refractivity contribution in [2.45, 2.75) is 32.8 Å². The van der Waals surface area contributed by atoms with Gasteiger partial charge in [-0.25, -0.2) is 9.78 Å². The lowest BCUT2D eigenvalue weighted by Gasteiger charge is -2.16. The highest BCUT2D eigenvalue weighted by Gasteiger charge is 2.29. The second-order valence-corrected chi connectivity index (χ2v) is 8.69. The standard InChI is InChI=1S/C29H24N2O5/c1-17(32)19-7-5-8-21(15-19)30-28(33)18(2)36-29(34)26-23-10-3-4-11-25(23)31-27-20(12-13-24(26)27)16-22-9-6-14-35-22/h3-11,14-16,18H,12-13H2,1-2H3,(H,30,33)/b20-16+. The molecule has 0 radical (unpaired) electrons. The van der Waals surface area contributed by atoms with Gasteiger partial charge in [-0.2, -0.15) is 0 Å². The monoisotopic (exact) mass is 480 g/mol. The molecule has 2 aromatic heterocycles. The predicted octanol–water partition coefficient (Wildman–Crippen LogP) is 5.70. The highest BCUT2D eigenvalue weighted by molar-refractivity contribution is 6.08. The number of ketones is 1. The van der Waals surface area contributed by atoms with Crippen molar-refractivity contribution < 1.29 is 23.5 Å². The van der Waals surface area contributed by atoms with Crippen LogP contribution in [0.4, 0.5) is 5.69 Å². The van der Waals surface area contributed by atoms with Gasteiger partial charge in [-0.3, -0.25) is 9.59 Å². The molecule has 7 heteroatoms. The molecule has 0 saturated carbocycles. The Balaban J connectivity index is 1.43. The fourth-order valence-corrected chi connectivity index (χ4v) is 4.39. The number of allylic oxidation sites excluding steroid dienone is 1. The average molecular weight is 481 g/mol. The summed E-state index contributed by atoms with van der Waals surface area (Å²) in [6.07, 6.45) is 3.83. The van der Waals surface area contributed by atoms with Crippen LogP contribution in [-0.2, 0) is 16.0 Å². The van der Waals surface area contributed by atoms with E-state index in [9.17, 15) is 14.4 Å². The molecule has 1 aliphatic carbocycles. The van der Waals surface area contributed by atoms with Gasteiger partial charge >= 0.3 is 5.97 Å². The molecule has 1 aliphatic rings. The number of anilines is 1. The largest absolute Gasteiger partial charge is 0.465 e. The fourth-order valence-electron chi connectivity index (χ4n) is 4.39. The van der Waals surface area contributed by atoms with E-state index in [0.717, 1.165) is 22.6 Å². The molecule has 1 atom stereocenters. The minimum atomic E-state index is -1.06. The Hall–Kier alpha value is -4.52. The number of hydrogen-bond donors (Lipinski definition) is 1. The van der Waals surface area contributed by atoms with Gasteiger partial charge in [-0.1, -0.05) is 30.3 Å². The Morgan fingerprint density at radius 1 is 1.06 bits per heavy atom. The zero-order chi connectivity index (χ0) is 25.2. The number of ether oxygens (including phenoxy) is 1. The van der Waals surface area contributed by atoms with Gasteiger partial charge in [0, 0.05) is 16.6 Å². The quantitative estimate of drug-likeness (QED) is 0.281. The number of fused-ring (bicyclic) bond motifs is 2. The van der Waals surface area contributed by atoms with Crippen LogP contribution in [0.25, 0.3) is 22.6 Å². The van der Waals surface area contributed by atoms with E-state index in [-0.39, 0.29) is 5.78 Å². The number of rotatable bonds is 6. The number of aromatic nitrogens is 1. The summed E-state index contributed by atoms with van der Waals surface area (Å²) in [7, 11) is 0. The SMILES string of the molecule is CC(=O)c1cccc(NC(=O)C(C)OC(=O)c2c3c(nc4ccccc24)/C(=C/c2ccco2)CC3)c1. The topological polar surface area (TPSA) is 98.5 Å². The van der Waals surface area contributed by atoms with Crippen molar-refractivity contribution in [3.63, 3.8) is 0 Å². The van der Waals surface area contributed by atoms with Gasteiger partial charge in [-0.05, 0) is 74.2 Å². The van der Waals surface area contributed by atoms with Crippen molar-refractivity contribution in [2.75, 3.05) is 5.32 Å². The number of furan rings is 1. The van der Waals surface area contributed by atoms with Crippen LogP contribution in [0.2, 0.25) is 0 Å². The highest BCUT2D eigenvalue weighted by Crippen LogP contribution is 2.38. The lowest BCUT2D eigenvalue weighted by atomic mass is 10.0. The summed E-state index contributed by atoms with van der Waals surface area (Å²) in [6.45, 7) is 2.98. The van der Waals surface area contributed by atoms with Gasteiger partial charge in [0.25, 0.3) is 5.91 Å². The minimum absolute atomic E-state index is 0.107. The van der Waals surface area contributed by atoms with E-state index in [1.807, 2.05) is 42.5 Å². The molecule has 0 bridgehead atoms. The average Bonchev–Trinajstić information content (AvgIpc) is 3.53. The van der Waals surface area contributed by atoms with Crippen LogP contribution in [0.5, 0.6) is 0 Å². The van der Waals surface area contributed by atoms with E-state index in [0.29, 0.717) is 40.6 Å². The zero-order valence-electron chi connectivity index (χ0n) is 19.9. The lowest BCUT2D eigenvalue weighted by Crippen LogP contribution is -2.30. The van der Waals surface area contributed by atoms with Crippen molar-refractivity contribution in [1.29, 1.82) is 0 Å². The first kappa shape index (κ1) is 23.2. The number of esters is 1. The molecule has 2 aromatic carbocycles. The van der Waals surface area contributed by atoms with E-state index < -0.39 is 18.0 Å². The Kier molecular flexibility index (Phi) is 6.21. The number of para-hydroxylation sites is 1. The maximum atomic E-state index is 13.4. The maximum Gasteiger partial charge on any atom is 0.339 e. The molecule has 0 fully saturated rings. The van der Waals surface area contributed by atoms with E-state index in [4.69, 9.17) is 14.1 Å². The zero-order valence-corrected chi connectivity index (χ0v) is 19.9. The minimum Gasteiger partial charge on any atom is -0.465 e. The number of amides is 1. The van der Waals surface area contributed by atoms with Crippen LogP contribution in [0, 0.1) is 0 Å². The smallest absolute Gasteiger partial charge is 0.339 e. The summed E-state index contributed by atoms with van der Waals surface area (Å²) in [6, 6.07) is 17.7. The van der Waals surface area contributed by atoms with Crippen LogP contribution in [0.1, 0.15) is 58.0 Å². The van der Waals surface area contributed by atoms with Crippen LogP contribution in [-0.4, -0.2) is 28.7 Å². The van der Waals surface area contributed by atoms with Gasteiger partial charge < -0.3 is 14.5 Å². The number of benzene rings is 2. The number of pyridine rings is 1. The molecule has 0 spiro atoms. The van der Waals surface area contributed by atoms with Crippen LogP contribution < -0.4 is 5.32 Å². The van der Waals surface area contributed by atoms with E-state index in [1.165, 1.54) is 13.8 Å². The predicted molar refractivity (Wildman–Crippen MR) is 137 cm³/mol. The number of hydrogen-bond acceptors (Lipinski definition) is 6. The molecular weight excluding hydrogens is 456 g/mol. The number of Topliss-reactive ketones (excluding diaryl/α,β-unsaturated/α-hetero) is 1. The Morgan fingerprint density at radius 3 is 2.67 bits per heavy atom. The van der Waals surface area contributed by atoms with Crippen LogP contribution >= 0.6 is 0 Å². The number of nitrogens with zero attached hydrogens (tertiary/aromatic N) is 1. The fraction of sp³-hybridized carbons (Fsp3) is 0.172. The normalized spacial score (nSPS) is 14.4. The first-order valence-electron chi connectivity index (χ1n) is 11.7. The first-order valence-corrected chi connectivity index (χ1v) is 11.7. The molecular formula is C29H24N2O5. The molecule has 5 rings (SSSR count). The second kappa shape index (κ2) is 9.62.